The monoisotopic (exact) mass is 457 g/mol. The van der Waals surface area contributed by atoms with Crippen LogP contribution in [-0.2, 0) is 33.2 Å². The number of fused-ring (bicyclic) bond motifs is 2. The van der Waals surface area contributed by atoms with Gasteiger partial charge >= 0.3 is 0 Å². The molecule has 0 aliphatic carbocycles. The normalized spacial score (nSPS) is 31.2. The number of methoxy groups -OCH3 is 2. The quantitative estimate of drug-likeness (QED) is 0.693. The van der Waals surface area contributed by atoms with Gasteiger partial charge in [-0.3, -0.25) is 0 Å². The molecule has 10 heteroatoms. The summed E-state index contributed by atoms with van der Waals surface area (Å²) in [5.41, 5.74) is 5.88. The van der Waals surface area contributed by atoms with Gasteiger partial charge in [-0.2, -0.15) is 0 Å². The van der Waals surface area contributed by atoms with Gasteiger partial charge in [-0.15, -0.1) is 0 Å². The first-order valence-electron chi connectivity index (χ1n) is 10.9. The van der Waals surface area contributed by atoms with Crippen molar-refractivity contribution in [1.82, 2.24) is 0 Å². The van der Waals surface area contributed by atoms with E-state index in [9.17, 15) is 0 Å². The number of rotatable bonds is 3. The van der Waals surface area contributed by atoms with Crippen LogP contribution in [0.4, 0.5) is 0 Å². The van der Waals surface area contributed by atoms with Crippen molar-refractivity contribution in [2.24, 2.45) is 5.73 Å². The summed E-state index contributed by atoms with van der Waals surface area (Å²) in [6, 6.07) is 7.52. The highest BCUT2D eigenvalue weighted by Gasteiger charge is 2.47. The lowest BCUT2D eigenvalue weighted by atomic mass is 9.98. The number of benzene rings is 1. The molecule has 2 heterocycles. The zero-order valence-corrected chi connectivity index (χ0v) is 18.8. The van der Waals surface area contributed by atoms with Gasteiger partial charge in [0.25, 0.3) is 0 Å². The van der Waals surface area contributed by atoms with Crippen molar-refractivity contribution in [1.29, 1.82) is 0 Å². The summed E-state index contributed by atoms with van der Waals surface area (Å²) >= 11 is 0. The Morgan fingerprint density at radius 1 is 0.781 bits per heavy atom. The van der Waals surface area contributed by atoms with E-state index < -0.39 is 24.6 Å². The van der Waals surface area contributed by atoms with Crippen LogP contribution in [0.3, 0.4) is 0 Å². The molecule has 2 aliphatic heterocycles. The average molecular weight is 458 g/mol. The molecule has 0 amide bonds. The molecule has 1 saturated heterocycles. The van der Waals surface area contributed by atoms with Crippen molar-refractivity contribution < 1.29 is 42.6 Å². The summed E-state index contributed by atoms with van der Waals surface area (Å²) in [7, 11) is 3.16. The van der Waals surface area contributed by atoms with Crippen LogP contribution in [-0.4, -0.2) is 104 Å². The molecular formula is C22H35NO9. The largest absolute Gasteiger partial charge is 0.487 e. The van der Waals surface area contributed by atoms with E-state index in [2.05, 4.69) is 0 Å². The van der Waals surface area contributed by atoms with Crippen molar-refractivity contribution in [3.05, 3.63) is 24.3 Å². The maximum atomic E-state index is 6.12. The number of hydrogen-bond donors (Lipinski definition) is 1. The van der Waals surface area contributed by atoms with E-state index in [0.717, 1.165) is 0 Å². The van der Waals surface area contributed by atoms with E-state index in [0.29, 0.717) is 64.4 Å². The van der Waals surface area contributed by atoms with Gasteiger partial charge in [0.15, 0.2) is 17.8 Å². The SMILES string of the molecule is CO[C@H]1O[C@H](CN)[C@@H](OC)[C@@H]2OCCOCCOc3ccccc3OCCOCCO[C@@H]12. The number of hydrogen-bond acceptors (Lipinski definition) is 10. The fourth-order valence-corrected chi connectivity index (χ4v) is 3.71. The Balaban J connectivity index is 1.63. The molecule has 2 aliphatic rings. The second-order valence-electron chi connectivity index (χ2n) is 7.25. The van der Waals surface area contributed by atoms with Gasteiger partial charge in [-0.25, -0.2) is 0 Å². The highest BCUT2D eigenvalue weighted by Crippen LogP contribution is 2.28. The smallest absolute Gasteiger partial charge is 0.186 e. The lowest BCUT2D eigenvalue weighted by molar-refractivity contribution is -0.309. The second-order valence-corrected chi connectivity index (χ2v) is 7.25. The predicted octanol–water partition coefficient (Wildman–Crippen LogP) is 0.606. The Morgan fingerprint density at radius 3 is 1.88 bits per heavy atom. The molecule has 1 fully saturated rings. The van der Waals surface area contributed by atoms with E-state index in [4.69, 9.17) is 48.4 Å². The first kappa shape index (κ1) is 25.1. The van der Waals surface area contributed by atoms with E-state index in [1.807, 2.05) is 24.3 Å². The van der Waals surface area contributed by atoms with Gasteiger partial charge in [-0.05, 0) is 12.1 Å². The van der Waals surface area contributed by atoms with E-state index in [1.54, 1.807) is 14.2 Å². The minimum atomic E-state index is -0.639. The lowest BCUT2D eigenvalue weighted by Gasteiger charge is -2.44. The molecule has 0 radical (unpaired) electrons. The van der Waals surface area contributed by atoms with Gasteiger partial charge in [0.2, 0.25) is 0 Å². The van der Waals surface area contributed by atoms with E-state index >= 15 is 0 Å². The Labute approximate surface area is 189 Å². The van der Waals surface area contributed by atoms with Crippen LogP contribution >= 0.6 is 0 Å². The van der Waals surface area contributed by atoms with Crippen molar-refractivity contribution in [2.45, 2.75) is 30.7 Å². The van der Waals surface area contributed by atoms with E-state index in [1.165, 1.54) is 0 Å². The molecule has 32 heavy (non-hydrogen) atoms. The van der Waals surface area contributed by atoms with Crippen molar-refractivity contribution in [2.75, 3.05) is 73.6 Å². The molecule has 0 saturated carbocycles. The lowest BCUT2D eigenvalue weighted by Crippen LogP contribution is -2.62. The Kier molecular flexibility index (Phi) is 10.9. The Hall–Kier alpha value is -1.50. The third-order valence-corrected chi connectivity index (χ3v) is 5.22. The summed E-state index contributed by atoms with van der Waals surface area (Å²) in [4.78, 5) is 0. The van der Waals surface area contributed by atoms with Crippen LogP contribution in [0.15, 0.2) is 24.3 Å². The molecule has 1 aromatic carbocycles. The molecule has 2 N–H and O–H groups in total. The van der Waals surface area contributed by atoms with Gasteiger partial charge in [-0.1, -0.05) is 12.1 Å². The van der Waals surface area contributed by atoms with Crippen molar-refractivity contribution >= 4 is 0 Å². The molecule has 5 atom stereocenters. The van der Waals surface area contributed by atoms with Crippen LogP contribution in [0.1, 0.15) is 0 Å². The van der Waals surface area contributed by atoms with Gasteiger partial charge in [0, 0.05) is 20.8 Å². The Morgan fingerprint density at radius 2 is 1.34 bits per heavy atom. The van der Waals surface area contributed by atoms with Crippen LogP contribution in [0, 0.1) is 0 Å². The Bertz CT molecular complexity index is 650. The second kappa shape index (κ2) is 13.9. The standard InChI is InChI=1S/C22H35NO9/c1-24-19-18(15-23)32-22(25-2)21-20(19)30-13-9-26-7-11-28-16-5-3-4-6-17(16)29-12-8-27-10-14-31-21/h3-6,18-22H,7-15,23H2,1-2H3/t18-,19-,20+,21-,22+/m1/s1. The zero-order valence-electron chi connectivity index (χ0n) is 18.8. The van der Waals surface area contributed by atoms with Crippen LogP contribution in [0.5, 0.6) is 11.5 Å². The van der Waals surface area contributed by atoms with E-state index in [-0.39, 0.29) is 12.6 Å². The van der Waals surface area contributed by atoms with Gasteiger partial charge < -0.3 is 48.4 Å². The van der Waals surface area contributed by atoms with Crippen LogP contribution in [0.25, 0.3) is 0 Å². The average Bonchev–Trinajstić information content (AvgIpc) is 2.82. The first-order valence-corrected chi connectivity index (χ1v) is 10.9. The fraction of sp³-hybridized carbons (Fsp3) is 0.727. The third-order valence-electron chi connectivity index (χ3n) is 5.22. The molecule has 0 bridgehead atoms. The fourth-order valence-electron chi connectivity index (χ4n) is 3.71. The summed E-state index contributed by atoms with van der Waals surface area (Å²) in [5, 5.41) is 0. The third kappa shape index (κ3) is 7.00. The first-order chi connectivity index (χ1) is 15.8. The van der Waals surface area contributed by atoms with Crippen molar-refractivity contribution in [3.8, 4) is 11.5 Å². The van der Waals surface area contributed by atoms with Gasteiger partial charge in [0.05, 0.1) is 39.6 Å². The highest BCUT2D eigenvalue weighted by atomic mass is 16.7. The molecule has 10 nitrogen and oxygen atoms in total. The topological polar surface area (TPSA) is 109 Å². The molecule has 0 unspecified atom stereocenters. The zero-order chi connectivity index (χ0) is 22.6. The summed E-state index contributed by atoms with van der Waals surface area (Å²) in [6.45, 7) is 3.30. The molecule has 0 aromatic heterocycles. The van der Waals surface area contributed by atoms with Gasteiger partial charge in [0.1, 0.15) is 37.6 Å². The highest BCUT2D eigenvalue weighted by molar-refractivity contribution is 5.39. The molecule has 1 aromatic rings. The number of para-hydroxylation sites is 2. The summed E-state index contributed by atoms with van der Waals surface area (Å²) in [5.74, 6) is 1.34. The molecule has 3 rings (SSSR count). The molecule has 182 valence electrons. The minimum absolute atomic E-state index is 0.267. The summed E-state index contributed by atoms with van der Waals surface area (Å²) < 4.78 is 52.2. The van der Waals surface area contributed by atoms with Crippen LogP contribution < -0.4 is 15.2 Å². The van der Waals surface area contributed by atoms with Crippen molar-refractivity contribution in [3.63, 3.8) is 0 Å². The molecule has 0 spiro atoms. The predicted molar refractivity (Wildman–Crippen MR) is 114 cm³/mol. The summed E-state index contributed by atoms with van der Waals surface area (Å²) in [6.07, 6.45) is -2.38. The number of nitrogens with two attached hydrogens (primary N) is 1. The number of ether oxygens (including phenoxy) is 9. The minimum Gasteiger partial charge on any atom is -0.487 e. The van der Waals surface area contributed by atoms with Crippen LogP contribution in [0.2, 0.25) is 0 Å². The maximum absolute atomic E-state index is 6.12. The molecular weight excluding hydrogens is 422 g/mol. The maximum Gasteiger partial charge on any atom is 0.186 e.